The number of hydrazone groups is 1. The van der Waals surface area contributed by atoms with Gasteiger partial charge in [-0.3, -0.25) is 9.78 Å². The van der Waals surface area contributed by atoms with Gasteiger partial charge in [0.2, 0.25) is 5.95 Å². The van der Waals surface area contributed by atoms with E-state index in [1.54, 1.807) is 27.2 Å². The summed E-state index contributed by atoms with van der Waals surface area (Å²) < 4.78 is 5.42. The molecule has 1 aromatic heterocycles. The molecule has 0 spiro atoms. The highest BCUT2D eigenvalue weighted by molar-refractivity contribution is 6.02. The predicted molar refractivity (Wildman–Crippen MR) is 96.0 cm³/mol. The lowest BCUT2D eigenvalue weighted by atomic mass is 10.0. The number of aryl methyl sites for hydroxylation is 1. The SMILES string of the molecule is COc1ccc2ccccc2c1/C=N\Nc1nc(C)c(C)c(=O)[nH]1. The minimum Gasteiger partial charge on any atom is -0.496 e. The van der Waals surface area contributed by atoms with Crippen LogP contribution in [0.3, 0.4) is 0 Å². The molecule has 6 nitrogen and oxygen atoms in total. The Balaban J connectivity index is 1.95. The zero-order valence-electron chi connectivity index (χ0n) is 13.8. The molecule has 3 aromatic rings. The fraction of sp³-hybridized carbons (Fsp3) is 0.167. The van der Waals surface area contributed by atoms with Crippen molar-refractivity contribution in [2.75, 3.05) is 12.5 Å². The molecule has 0 atom stereocenters. The van der Waals surface area contributed by atoms with Crippen LogP contribution in [-0.2, 0) is 0 Å². The van der Waals surface area contributed by atoms with Crippen molar-refractivity contribution in [1.82, 2.24) is 9.97 Å². The lowest BCUT2D eigenvalue weighted by Crippen LogP contribution is -2.15. The highest BCUT2D eigenvalue weighted by Gasteiger charge is 2.06. The van der Waals surface area contributed by atoms with Gasteiger partial charge < -0.3 is 4.74 Å². The number of benzene rings is 2. The van der Waals surface area contributed by atoms with Gasteiger partial charge in [-0.2, -0.15) is 5.10 Å². The summed E-state index contributed by atoms with van der Waals surface area (Å²) in [6, 6.07) is 11.9. The number of ether oxygens (including phenoxy) is 1. The zero-order valence-corrected chi connectivity index (χ0v) is 13.8. The van der Waals surface area contributed by atoms with Gasteiger partial charge in [-0.15, -0.1) is 0 Å². The molecule has 122 valence electrons. The summed E-state index contributed by atoms with van der Waals surface area (Å²) in [4.78, 5) is 18.7. The molecular weight excluding hydrogens is 304 g/mol. The molecule has 24 heavy (non-hydrogen) atoms. The number of aromatic nitrogens is 2. The monoisotopic (exact) mass is 322 g/mol. The molecule has 0 bridgehead atoms. The molecule has 0 saturated carbocycles. The topological polar surface area (TPSA) is 79.4 Å². The van der Waals surface area contributed by atoms with Crippen LogP contribution in [0.1, 0.15) is 16.8 Å². The van der Waals surface area contributed by atoms with E-state index in [0.29, 0.717) is 17.2 Å². The van der Waals surface area contributed by atoms with Crippen molar-refractivity contribution in [2.24, 2.45) is 5.10 Å². The van der Waals surface area contributed by atoms with Crippen molar-refractivity contribution in [2.45, 2.75) is 13.8 Å². The van der Waals surface area contributed by atoms with E-state index in [1.807, 2.05) is 36.4 Å². The molecule has 2 N–H and O–H groups in total. The number of anilines is 1. The van der Waals surface area contributed by atoms with Gasteiger partial charge in [0.15, 0.2) is 0 Å². The number of rotatable bonds is 4. The second-order valence-electron chi connectivity index (χ2n) is 5.40. The highest BCUT2D eigenvalue weighted by atomic mass is 16.5. The predicted octanol–water partition coefficient (Wildman–Crippen LogP) is 2.99. The van der Waals surface area contributed by atoms with Gasteiger partial charge in [-0.25, -0.2) is 10.4 Å². The largest absolute Gasteiger partial charge is 0.496 e. The number of methoxy groups -OCH3 is 1. The average Bonchev–Trinajstić information content (AvgIpc) is 2.59. The van der Waals surface area contributed by atoms with E-state index >= 15 is 0 Å². The minimum absolute atomic E-state index is 0.178. The number of H-pyrrole nitrogens is 1. The Hall–Kier alpha value is -3.15. The van der Waals surface area contributed by atoms with Crippen molar-refractivity contribution in [3.63, 3.8) is 0 Å². The number of hydrogen-bond donors (Lipinski definition) is 2. The minimum atomic E-state index is -0.178. The van der Waals surface area contributed by atoms with Crippen LogP contribution < -0.4 is 15.7 Å². The van der Waals surface area contributed by atoms with Gasteiger partial charge in [0.05, 0.1) is 13.3 Å². The van der Waals surface area contributed by atoms with Gasteiger partial charge in [0, 0.05) is 16.8 Å². The second kappa shape index (κ2) is 6.54. The van der Waals surface area contributed by atoms with Crippen molar-refractivity contribution in [3.05, 3.63) is 63.6 Å². The number of nitrogens with zero attached hydrogens (tertiary/aromatic N) is 2. The van der Waals surface area contributed by atoms with Crippen LogP contribution in [0.5, 0.6) is 5.75 Å². The first-order valence-electron chi connectivity index (χ1n) is 7.52. The van der Waals surface area contributed by atoms with Crippen LogP contribution in [0.4, 0.5) is 5.95 Å². The Morgan fingerprint density at radius 1 is 1.21 bits per heavy atom. The fourth-order valence-corrected chi connectivity index (χ4v) is 2.44. The van der Waals surface area contributed by atoms with Crippen LogP contribution in [0.25, 0.3) is 10.8 Å². The molecule has 0 unspecified atom stereocenters. The Morgan fingerprint density at radius 3 is 2.75 bits per heavy atom. The average molecular weight is 322 g/mol. The van der Waals surface area contributed by atoms with Crippen LogP contribution >= 0.6 is 0 Å². The van der Waals surface area contributed by atoms with E-state index in [1.165, 1.54) is 0 Å². The lowest BCUT2D eigenvalue weighted by molar-refractivity contribution is 0.415. The Labute approximate surface area is 139 Å². The zero-order chi connectivity index (χ0) is 17.1. The van der Waals surface area contributed by atoms with Crippen LogP contribution in [0.2, 0.25) is 0 Å². The molecule has 1 heterocycles. The van der Waals surface area contributed by atoms with E-state index in [4.69, 9.17) is 4.74 Å². The maximum Gasteiger partial charge on any atom is 0.255 e. The fourth-order valence-electron chi connectivity index (χ4n) is 2.44. The summed E-state index contributed by atoms with van der Waals surface area (Å²) in [6.07, 6.45) is 1.66. The highest BCUT2D eigenvalue weighted by Crippen LogP contribution is 2.26. The smallest absolute Gasteiger partial charge is 0.255 e. The Bertz CT molecular complexity index is 976. The standard InChI is InChI=1S/C18H18N4O2/c1-11-12(2)20-18(21-17(11)23)22-19-10-15-14-7-5-4-6-13(14)8-9-16(15)24-3/h4-10H,1-3H3,(H2,20,21,22,23)/b19-10-. The molecule has 0 radical (unpaired) electrons. The first-order chi connectivity index (χ1) is 11.6. The molecule has 6 heteroatoms. The number of fused-ring (bicyclic) bond motifs is 1. The summed E-state index contributed by atoms with van der Waals surface area (Å²) in [6.45, 7) is 3.52. The maximum atomic E-state index is 11.8. The normalized spacial score (nSPS) is 11.1. The third-order valence-corrected chi connectivity index (χ3v) is 3.91. The molecule has 0 amide bonds. The Morgan fingerprint density at radius 2 is 2.00 bits per heavy atom. The summed E-state index contributed by atoms with van der Waals surface area (Å²) >= 11 is 0. The number of hydrogen-bond acceptors (Lipinski definition) is 5. The van der Waals surface area contributed by atoms with E-state index < -0.39 is 0 Å². The van der Waals surface area contributed by atoms with Crippen molar-refractivity contribution < 1.29 is 4.74 Å². The third kappa shape index (κ3) is 2.99. The van der Waals surface area contributed by atoms with Gasteiger partial charge >= 0.3 is 0 Å². The Kier molecular flexibility index (Phi) is 4.29. The van der Waals surface area contributed by atoms with E-state index in [0.717, 1.165) is 22.1 Å². The van der Waals surface area contributed by atoms with E-state index in [9.17, 15) is 4.79 Å². The number of nitrogens with one attached hydrogen (secondary N) is 2. The van der Waals surface area contributed by atoms with E-state index in [2.05, 4.69) is 20.5 Å². The van der Waals surface area contributed by atoms with Gasteiger partial charge in [0.1, 0.15) is 5.75 Å². The quantitative estimate of drug-likeness (QED) is 0.572. The van der Waals surface area contributed by atoms with Crippen molar-refractivity contribution in [1.29, 1.82) is 0 Å². The number of aromatic amines is 1. The maximum absolute atomic E-state index is 11.8. The van der Waals surface area contributed by atoms with Gasteiger partial charge in [-0.1, -0.05) is 30.3 Å². The molecular formula is C18H18N4O2. The van der Waals surface area contributed by atoms with Crippen LogP contribution in [0, 0.1) is 13.8 Å². The van der Waals surface area contributed by atoms with Crippen molar-refractivity contribution in [3.8, 4) is 5.75 Å². The summed E-state index contributed by atoms with van der Waals surface area (Å²) in [5.74, 6) is 1.03. The first kappa shape index (κ1) is 15.7. The molecule has 2 aromatic carbocycles. The van der Waals surface area contributed by atoms with E-state index in [-0.39, 0.29) is 5.56 Å². The van der Waals surface area contributed by atoms with Gasteiger partial charge in [-0.05, 0) is 30.7 Å². The van der Waals surface area contributed by atoms with Gasteiger partial charge in [0.25, 0.3) is 5.56 Å². The summed E-state index contributed by atoms with van der Waals surface area (Å²) in [7, 11) is 1.62. The third-order valence-electron chi connectivity index (χ3n) is 3.91. The summed E-state index contributed by atoms with van der Waals surface area (Å²) in [5.41, 5.74) is 4.71. The molecule has 0 aliphatic carbocycles. The molecule has 0 saturated heterocycles. The molecule has 0 aliphatic heterocycles. The first-order valence-corrected chi connectivity index (χ1v) is 7.52. The summed E-state index contributed by atoms with van der Waals surface area (Å²) in [5, 5.41) is 6.32. The molecule has 0 aliphatic rings. The molecule has 3 rings (SSSR count). The van der Waals surface area contributed by atoms with Crippen molar-refractivity contribution >= 4 is 22.9 Å². The van der Waals surface area contributed by atoms with Crippen LogP contribution in [-0.4, -0.2) is 23.3 Å². The molecule has 0 fully saturated rings. The second-order valence-corrected chi connectivity index (χ2v) is 5.40. The lowest BCUT2D eigenvalue weighted by Gasteiger charge is -2.08. The van der Waals surface area contributed by atoms with Crippen LogP contribution in [0.15, 0.2) is 46.3 Å².